The van der Waals surface area contributed by atoms with Crippen LogP contribution in [-0.4, -0.2) is 38.8 Å². The summed E-state index contributed by atoms with van der Waals surface area (Å²) in [6, 6.07) is -0.861. The Morgan fingerprint density at radius 2 is 2.30 bits per heavy atom. The number of aliphatic hydroxyl groups excluding tert-OH is 1. The van der Waals surface area contributed by atoms with E-state index in [4.69, 9.17) is 10.2 Å². The van der Waals surface area contributed by atoms with E-state index in [-0.39, 0.29) is 0 Å². The molecule has 2 unspecified atom stereocenters. The Hall–Kier alpha value is -1.12. The lowest BCUT2D eigenvalue weighted by Crippen LogP contribution is -2.36. The molecule has 0 fully saturated rings. The topological polar surface area (TPSA) is 60.5 Å². The second kappa shape index (κ2) is 2.25. The average molecular weight is 142 g/mol. The largest absolute Gasteiger partial charge is 0.476 e. The zero-order valence-corrected chi connectivity index (χ0v) is 5.48. The van der Waals surface area contributed by atoms with Crippen molar-refractivity contribution in [1.82, 2.24) is 0 Å². The summed E-state index contributed by atoms with van der Waals surface area (Å²) in [6.45, 7) is 1.44. The van der Waals surface area contributed by atoms with Gasteiger partial charge in [-0.3, -0.25) is 0 Å². The van der Waals surface area contributed by atoms with Crippen LogP contribution >= 0.6 is 0 Å². The van der Waals surface area contributed by atoms with Crippen molar-refractivity contribution < 1.29 is 19.6 Å². The van der Waals surface area contributed by atoms with Gasteiger partial charge in [0, 0.05) is 0 Å². The fourth-order valence-corrected chi connectivity index (χ4v) is 0.752. The number of carbonyl (C=O) groups is 1. The molecule has 4 heteroatoms. The number of hydrogen-bond donors (Lipinski definition) is 2. The van der Waals surface area contributed by atoms with Crippen LogP contribution in [0.15, 0.2) is 6.20 Å². The predicted molar refractivity (Wildman–Crippen MR) is 32.9 cm³/mol. The van der Waals surface area contributed by atoms with Crippen molar-refractivity contribution in [3.63, 3.8) is 0 Å². The zero-order valence-electron chi connectivity index (χ0n) is 5.48. The predicted octanol–water partition coefficient (Wildman–Crippen LogP) is -0.970. The Bertz CT molecular complexity index is 223. The molecule has 2 atom stereocenters. The zero-order chi connectivity index (χ0) is 7.72. The number of rotatable bonds is 3. The number of nitrogens with zero attached hydrogens (tertiary/aromatic N) is 1. The van der Waals surface area contributed by atoms with Gasteiger partial charge in [0.2, 0.25) is 5.87 Å². The highest BCUT2D eigenvalue weighted by molar-refractivity contribution is 5.74. The third-order valence-corrected chi connectivity index (χ3v) is 1.29. The molecule has 0 radical (unpaired) electrons. The summed E-state index contributed by atoms with van der Waals surface area (Å²) in [5, 5.41) is 17.4. The SMILES string of the molecule is CC(O)C(C(=O)O)[N+]1=C=C1. The Labute approximate surface area is 57.7 Å². The molecule has 0 bridgehead atoms. The second-order valence-electron chi connectivity index (χ2n) is 2.19. The molecule has 0 amide bonds. The van der Waals surface area contributed by atoms with E-state index < -0.39 is 18.1 Å². The molecule has 0 aromatic rings. The van der Waals surface area contributed by atoms with Gasteiger partial charge < -0.3 is 10.2 Å². The quantitative estimate of drug-likeness (QED) is 0.498. The standard InChI is InChI=1S/C6H7NO3/c1-4(8)5(6(9)10)7-2-3-7/h2,4-5,8H,1H3/p+1. The lowest BCUT2D eigenvalue weighted by atomic mass is 10.2. The molecule has 4 nitrogen and oxygen atoms in total. The highest BCUT2D eigenvalue weighted by Gasteiger charge is 2.37. The third kappa shape index (κ3) is 1.23. The average Bonchev–Trinajstić information content (AvgIpc) is 2.46. The lowest BCUT2D eigenvalue weighted by Gasteiger charge is -2.04. The lowest BCUT2D eigenvalue weighted by molar-refractivity contribution is -0.456. The van der Waals surface area contributed by atoms with Crippen molar-refractivity contribution in [2.75, 3.05) is 0 Å². The van der Waals surface area contributed by atoms with Gasteiger partial charge in [-0.2, -0.15) is 0 Å². The molecular weight excluding hydrogens is 134 g/mol. The summed E-state index contributed by atoms with van der Waals surface area (Å²) in [5.74, 6) is 1.53. The monoisotopic (exact) mass is 142 g/mol. The van der Waals surface area contributed by atoms with Crippen LogP contribution in [-0.2, 0) is 4.79 Å². The van der Waals surface area contributed by atoms with Gasteiger partial charge in [0.1, 0.15) is 6.10 Å². The van der Waals surface area contributed by atoms with Crippen LogP contribution in [0.3, 0.4) is 0 Å². The molecule has 0 aromatic heterocycles. The van der Waals surface area contributed by atoms with Gasteiger partial charge in [-0.25, -0.2) is 4.79 Å². The molecule has 10 heavy (non-hydrogen) atoms. The Balaban J connectivity index is 2.60. The highest BCUT2D eigenvalue weighted by atomic mass is 16.4. The Kier molecular flexibility index (Phi) is 1.57. The van der Waals surface area contributed by atoms with Crippen molar-refractivity contribution in [3.05, 3.63) is 6.20 Å². The minimum absolute atomic E-state index is 0.861. The first-order valence-electron chi connectivity index (χ1n) is 2.91. The van der Waals surface area contributed by atoms with E-state index in [1.165, 1.54) is 17.7 Å². The Morgan fingerprint density at radius 1 is 1.80 bits per heavy atom. The van der Waals surface area contributed by atoms with Crippen LogP contribution in [0.1, 0.15) is 6.92 Å². The van der Waals surface area contributed by atoms with Crippen molar-refractivity contribution in [2.24, 2.45) is 0 Å². The maximum absolute atomic E-state index is 10.4. The maximum Gasteiger partial charge on any atom is 0.377 e. The summed E-state index contributed by atoms with van der Waals surface area (Å²) in [7, 11) is 0. The first kappa shape index (κ1) is 6.99. The number of aliphatic hydroxyl groups is 1. The van der Waals surface area contributed by atoms with Gasteiger partial charge in [0.25, 0.3) is 12.2 Å². The molecule has 54 valence electrons. The summed E-state index contributed by atoms with van der Waals surface area (Å²) in [5.41, 5.74) is 0. The summed E-state index contributed by atoms with van der Waals surface area (Å²) in [6.07, 6.45) is 0.620. The minimum Gasteiger partial charge on any atom is -0.476 e. The maximum atomic E-state index is 10.4. The van der Waals surface area contributed by atoms with Crippen molar-refractivity contribution in [1.29, 1.82) is 0 Å². The first-order chi connectivity index (χ1) is 4.63. The van der Waals surface area contributed by atoms with Crippen molar-refractivity contribution in [2.45, 2.75) is 19.1 Å². The van der Waals surface area contributed by atoms with E-state index in [0.29, 0.717) is 0 Å². The fraction of sp³-hybridized carbons (Fsp3) is 0.500. The van der Waals surface area contributed by atoms with Crippen LogP contribution in [0.5, 0.6) is 0 Å². The smallest absolute Gasteiger partial charge is 0.377 e. The van der Waals surface area contributed by atoms with Crippen LogP contribution in [0, 0.1) is 0 Å². The van der Waals surface area contributed by atoms with Gasteiger partial charge >= 0.3 is 5.97 Å². The molecule has 0 aliphatic carbocycles. The van der Waals surface area contributed by atoms with Gasteiger partial charge in [0.15, 0.2) is 0 Å². The highest BCUT2D eigenvalue weighted by Crippen LogP contribution is 2.02. The summed E-state index contributed by atoms with van der Waals surface area (Å²) in [4.78, 5) is 10.4. The molecule has 0 saturated carbocycles. The fourth-order valence-electron chi connectivity index (χ4n) is 0.752. The van der Waals surface area contributed by atoms with Crippen molar-refractivity contribution >= 4 is 11.8 Å². The van der Waals surface area contributed by atoms with Gasteiger partial charge in [-0.05, 0) is 6.92 Å². The van der Waals surface area contributed by atoms with E-state index in [0.717, 1.165) is 0 Å². The van der Waals surface area contributed by atoms with E-state index >= 15 is 0 Å². The summed E-state index contributed by atoms with van der Waals surface area (Å²) < 4.78 is 1.34. The number of hydrogen-bond acceptors (Lipinski definition) is 2. The van der Waals surface area contributed by atoms with Gasteiger partial charge in [-0.1, -0.05) is 0 Å². The van der Waals surface area contributed by atoms with Crippen LogP contribution < -0.4 is 0 Å². The molecule has 0 saturated heterocycles. The van der Waals surface area contributed by atoms with Crippen LogP contribution in [0.2, 0.25) is 0 Å². The third-order valence-electron chi connectivity index (χ3n) is 1.29. The van der Waals surface area contributed by atoms with E-state index in [1.807, 2.05) is 0 Å². The molecule has 0 spiro atoms. The first-order valence-corrected chi connectivity index (χ1v) is 2.91. The van der Waals surface area contributed by atoms with E-state index in [1.54, 1.807) is 0 Å². The normalized spacial score (nSPS) is 19.6. The van der Waals surface area contributed by atoms with E-state index in [2.05, 4.69) is 5.87 Å². The molecule has 0 aromatic carbocycles. The number of aliphatic carboxylic acids is 1. The molecular formula is C6H8NO3+. The molecule has 2 N–H and O–H groups in total. The number of carboxylic acid groups (broad SMARTS) is 1. The second-order valence-corrected chi connectivity index (χ2v) is 2.19. The minimum atomic E-state index is -1.03. The van der Waals surface area contributed by atoms with Gasteiger partial charge in [0.05, 0.1) is 0 Å². The van der Waals surface area contributed by atoms with Crippen molar-refractivity contribution in [3.8, 4) is 0 Å². The summed E-state index contributed by atoms with van der Waals surface area (Å²) >= 11 is 0. The molecule has 1 aliphatic rings. The molecule has 1 aliphatic heterocycles. The molecule has 1 rings (SSSR count). The van der Waals surface area contributed by atoms with Gasteiger partial charge in [-0.15, -0.1) is 4.58 Å². The molecule has 1 heterocycles. The van der Waals surface area contributed by atoms with E-state index in [9.17, 15) is 4.79 Å². The Morgan fingerprint density at radius 3 is 2.40 bits per heavy atom. The van der Waals surface area contributed by atoms with Crippen LogP contribution in [0.4, 0.5) is 0 Å². The number of carboxylic acids is 1. The van der Waals surface area contributed by atoms with Crippen LogP contribution in [0.25, 0.3) is 0 Å².